The van der Waals surface area contributed by atoms with E-state index in [9.17, 15) is 14.7 Å². The van der Waals surface area contributed by atoms with Crippen molar-refractivity contribution in [3.8, 4) is 0 Å². The summed E-state index contributed by atoms with van der Waals surface area (Å²) in [6, 6.07) is 9.18. The number of anilines is 2. The lowest BCUT2D eigenvalue weighted by atomic mass is 10.1. The number of H-pyrrole nitrogens is 1. The summed E-state index contributed by atoms with van der Waals surface area (Å²) in [7, 11) is 0. The summed E-state index contributed by atoms with van der Waals surface area (Å²) in [4.78, 5) is 26.7. The fourth-order valence-electron chi connectivity index (χ4n) is 3.29. The molecule has 3 rings (SSSR count). The number of aromatic nitrogens is 2. The third kappa shape index (κ3) is 3.93. The van der Waals surface area contributed by atoms with Crippen LogP contribution in [-0.4, -0.2) is 26.8 Å². The van der Waals surface area contributed by atoms with Gasteiger partial charge >= 0.3 is 5.69 Å². The molecular weight excluding hydrogens is 320 g/mol. The Morgan fingerprint density at radius 3 is 2.64 bits per heavy atom. The Morgan fingerprint density at radius 1 is 1.16 bits per heavy atom. The van der Waals surface area contributed by atoms with Crippen LogP contribution in [0.15, 0.2) is 39.9 Å². The van der Waals surface area contributed by atoms with Gasteiger partial charge in [-0.1, -0.05) is 49.6 Å². The molecule has 1 aromatic carbocycles. The number of nitrogens with one attached hydrogen (secondary N) is 2. The van der Waals surface area contributed by atoms with Crippen molar-refractivity contribution in [3.05, 3.63) is 56.7 Å². The molecule has 0 amide bonds. The van der Waals surface area contributed by atoms with Crippen LogP contribution in [0.5, 0.6) is 0 Å². The Labute approximate surface area is 145 Å². The van der Waals surface area contributed by atoms with Crippen LogP contribution in [0.25, 0.3) is 0 Å². The van der Waals surface area contributed by atoms with Crippen molar-refractivity contribution in [1.82, 2.24) is 9.55 Å². The summed E-state index contributed by atoms with van der Waals surface area (Å²) in [5, 5.41) is 13.3. The lowest BCUT2D eigenvalue weighted by Gasteiger charge is -2.24. The minimum Gasteiger partial charge on any atom is -0.391 e. The third-order valence-electron chi connectivity index (χ3n) is 4.73. The molecular formula is C18H24N4O3. The second kappa shape index (κ2) is 7.57. The normalized spacial score (nSPS) is 20.8. The Balaban J connectivity index is 1.92. The van der Waals surface area contributed by atoms with Gasteiger partial charge in [-0.25, -0.2) is 4.79 Å². The van der Waals surface area contributed by atoms with E-state index in [4.69, 9.17) is 5.73 Å². The quantitative estimate of drug-likeness (QED) is 0.624. The zero-order chi connectivity index (χ0) is 17.8. The molecule has 1 aliphatic carbocycles. The van der Waals surface area contributed by atoms with E-state index in [1.807, 2.05) is 30.3 Å². The van der Waals surface area contributed by atoms with Crippen LogP contribution in [0.4, 0.5) is 11.5 Å². The van der Waals surface area contributed by atoms with Crippen LogP contribution in [-0.2, 0) is 6.54 Å². The van der Waals surface area contributed by atoms with Crippen LogP contribution in [0.2, 0.25) is 0 Å². The molecule has 7 heteroatoms. The standard InChI is InChI=1S/C18H24N4O3/c19-16-15(20-13-9-5-2-6-10-14(13)23)17(24)21-18(25)22(16)11-12-7-3-1-4-8-12/h1,3-4,7-8,13-14,20,23H,2,5-6,9-11,19H2,(H,21,24,25). The highest BCUT2D eigenvalue weighted by Crippen LogP contribution is 2.22. The molecule has 2 unspecified atom stereocenters. The molecule has 0 aliphatic heterocycles. The first-order chi connectivity index (χ1) is 12.1. The molecule has 1 fully saturated rings. The molecule has 134 valence electrons. The van der Waals surface area contributed by atoms with Crippen LogP contribution < -0.4 is 22.3 Å². The van der Waals surface area contributed by atoms with Crippen molar-refractivity contribution >= 4 is 11.5 Å². The van der Waals surface area contributed by atoms with Gasteiger partial charge in [0.2, 0.25) is 0 Å². The molecule has 1 saturated carbocycles. The first-order valence-corrected chi connectivity index (χ1v) is 8.67. The highest BCUT2D eigenvalue weighted by molar-refractivity contribution is 5.61. The zero-order valence-corrected chi connectivity index (χ0v) is 14.1. The van der Waals surface area contributed by atoms with E-state index in [1.165, 1.54) is 4.57 Å². The fourth-order valence-corrected chi connectivity index (χ4v) is 3.29. The molecule has 0 saturated heterocycles. The number of nitrogens with zero attached hydrogens (tertiary/aromatic N) is 1. The topological polar surface area (TPSA) is 113 Å². The number of rotatable bonds is 4. The minimum atomic E-state index is -0.553. The molecule has 0 spiro atoms. The second-order valence-electron chi connectivity index (χ2n) is 6.55. The SMILES string of the molecule is Nc1c(NC2CCCCCC2O)c(=O)[nH]c(=O)n1Cc1ccccc1. The third-order valence-corrected chi connectivity index (χ3v) is 4.73. The molecule has 0 bridgehead atoms. The van der Waals surface area contributed by atoms with E-state index in [0.717, 1.165) is 31.2 Å². The second-order valence-corrected chi connectivity index (χ2v) is 6.55. The Bertz CT molecular complexity index is 828. The van der Waals surface area contributed by atoms with Crippen LogP contribution >= 0.6 is 0 Å². The van der Waals surface area contributed by atoms with Gasteiger partial charge in [-0.2, -0.15) is 0 Å². The predicted molar refractivity (Wildman–Crippen MR) is 97.8 cm³/mol. The molecule has 5 N–H and O–H groups in total. The number of hydrogen-bond donors (Lipinski definition) is 4. The largest absolute Gasteiger partial charge is 0.391 e. The number of hydrogen-bond acceptors (Lipinski definition) is 5. The number of aromatic amines is 1. The van der Waals surface area contributed by atoms with Gasteiger partial charge < -0.3 is 16.2 Å². The van der Waals surface area contributed by atoms with E-state index >= 15 is 0 Å². The summed E-state index contributed by atoms with van der Waals surface area (Å²) >= 11 is 0. The highest BCUT2D eigenvalue weighted by Gasteiger charge is 2.24. The van der Waals surface area contributed by atoms with Crippen molar-refractivity contribution in [2.75, 3.05) is 11.1 Å². The fraction of sp³-hybridized carbons (Fsp3) is 0.444. The number of benzene rings is 1. The van der Waals surface area contributed by atoms with Crippen LogP contribution in [0, 0.1) is 0 Å². The van der Waals surface area contributed by atoms with E-state index in [1.54, 1.807) is 0 Å². The number of nitrogen functional groups attached to an aromatic ring is 1. The predicted octanol–water partition coefficient (Wildman–Crippen LogP) is 1.27. The van der Waals surface area contributed by atoms with E-state index in [-0.39, 0.29) is 24.1 Å². The summed E-state index contributed by atoms with van der Waals surface area (Å²) in [5.74, 6) is 0.0917. The van der Waals surface area contributed by atoms with Gasteiger partial charge in [-0.15, -0.1) is 0 Å². The van der Waals surface area contributed by atoms with Gasteiger partial charge in [-0.05, 0) is 18.4 Å². The summed E-state index contributed by atoms with van der Waals surface area (Å²) in [6.45, 7) is 0.268. The number of aliphatic hydroxyl groups excluding tert-OH is 1. The molecule has 0 radical (unpaired) electrons. The number of aliphatic hydroxyl groups is 1. The summed E-state index contributed by atoms with van der Waals surface area (Å²) < 4.78 is 1.34. The molecule has 2 aromatic rings. The van der Waals surface area contributed by atoms with Gasteiger partial charge in [0.1, 0.15) is 11.5 Å². The van der Waals surface area contributed by atoms with Crippen LogP contribution in [0.3, 0.4) is 0 Å². The van der Waals surface area contributed by atoms with Gasteiger partial charge in [0.05, 0.1) is 18.7 Å². The first-order valence-electron chi connectivity index (χ1n) is 8.67. The maximum Gasteiger partial charge on any atom is 0.330 e. The average molecular weight is 344 g/mol. The Morgan fingerprint density at radius 2 is 1.88 bits per heavy atom. The average Bonchev–Trinajstić information content (AvgIpc) is 2.80. The maximum atomic E-state index is 12.2. The van der Waals surface area contributed by atoms with Gasteiger partial charge in [0.15, 0.2) is 0 Å². The summed E-state index contributed by atoms with van der Waals surface area (Å²) in [5.41, 5.74) is 6.10. The Kier molecular flexibility index (Phi) is 5.23. The van der Waals surface area contributed by atoms with Crippen molar-refractivity contribution in [2.24, 2.45) is 0 Å². The maximum absolute atomic E-state index is 12.2. The van der Waals surface area contributed by atoms with E-state index < -0.39 is 17.4 Å². The first kappa shape index (κ1) is 17.3. The molecule has 1 aromatic heterocycles. The van der Waals surface area contributed by atoms with E-state index in [2.05, 4.69) is 10.3 Å². The molecule has 2 atom stereocenters. The Hall–Kier alpha value is -2.54. The lowest BCUT2D eigenvalue weighted by molar-refractivity contribution is 0.144. The van der Waals surface area contributed by atoms with Crippen molar-refractivity contribution in [1.29, 1.82) is 0 Å². The smallest absolute Gasteiger partial charge is 0.330 e. The van der Waals surface area contributed by atoms with Gasteiger partial charge in [0, 0.05) is 0 Å². The monoisotopic (exact) mass is 344 g/mol. The van der Waals surface area contributed by atoms with Crippen LogP contribution in [0.1, 0.15) is 37.7 Å². The van der Waals surface area contributed by atoms with Crippen molar-refractivity contribution in [2.45, 2.75) is 50.8 Å². The zero-order valence-electron chi connectivity index (χ0n) is 14.1. The molecule has 25 heavy (non-hydrogen) atoms. The molecule has 7 nitrogen and oxygen atoms in total. The summed E-state index contributed by atoms with van der Waals surface area (Å²) in [6.07, 6.45) is 3.94. The minimum absolute atomic E-state index is 0.0917. The lowest BCUT2D eigenvalue weighted by Crippen LogP contribution is -2.39. The molecule has 1 aliphatic rings. The van der Waals surface area contributed by atoms with Gasteiger partial charge in [-0.3, -0.25) is 14.3 Å². The molecule has 1 heterocycles. The van der Waals surface area contributed by atoms with Gasteiger partial charge in [0.25, 0.3) is 5.56 Å². The van der Waals surface area contributed by atoms with Crippen molar-refractivity contribution in [3.63, 3.8) is 0 Å². The van der Waals surface area contributed by atoms with Crippen molar-refractivity contribution < 1.29 is 5.11 Å². The highest BCUT2D eigenvalue weighted by atomic mass is 16.3. The number of nitrogens with two attached hydrogens (primary N) is 1. The van der Waals surface area contributed by atoms with E-state index in [0.29, 0.717) is 6.42 Å².